The third-order valence-corrected chi connectivity index (χ3v) is 4.26. The summed E-state index contributed by atoms with van der Waals surface area (Å²) in [6.45, 7) is 11.2. The van der Waals surface area contributed by atoms with Crippen molar-refractivity contribution in [1.82, 2.24) is 10.2 Å². The van der Waals surface area contributed by atoms with Crippen molar-refractivity contribution in [2.24, 2.45) is 5.41 Å². The lowest BCUT2D eigenvalue weighted by Crippen LogP contribution is -2.52. The molecule has 3 heteroatoms. The molecule has 1 aliphatic heterocycles. The van der Waals surface area contributed by atoms with Crippen LogP contribution in [0.1, 0.15) is 45.6 Å². The van der Waals surface area contributed by atoms with Gasteiger partial charge in [0.15, 0.2) is 0 Å². The maximum absolute atomic E-state index is 12.2. The van der Waals surface area contributed by atoms with Gasteiger partial charge >= 0.3 is 0 Å². The highest BCUT2D eigenvalue weighted by Gasteiger charge is 2.31. The number of hydrogen-bond donors (Lipinski definition) is 1. The van der Waals surface area contributed by atoms with Gasteiger partial charge in [-0.3, -0.25) is 4.79 Å². The molecular weight excluding hydrogens is 260 g/mol. The van der Waals surface area contributed by atoms with Crippen molar-refractivity contribution in [3.05, 3.63) is 35.9 Å². The number of hydrogen-bond acceptors (Lipinski definition) is 2. The Morgan fingerprint density at radius 3 is 2.48 bits per heavy atom. The number of nitrogens with zero attached hydrogens (tertiary/aromatic N) is 1. The van der Waals surface area contributed by atoms with E-state index in [9.17, 15) is 4.79 Å². The zero-order valence-corrected chi connectivity index (χ0v) is 13.7. The molecule has 0 aliphatic carbocycles. The van der Waals surface area contributed by atoms with Gasteiger partial charge in [-0.25, -0.2) is 0 Å². The molecule has 1 amide bonds. The van der Waals surface area contributed by atoms with E-state index in [2.05, 4.69) is 47.5 Å². The third kappa shape index (κ3) is 4.31. The van der Waals surface area contributed by atoms with E-state index in [1.54, 1.807) is 0 Å². The second-order valence-corrected chi connectivity index (χ2v) is 7.12. The highest BCUT2D eigenvalue weighted by molar-refractivity contribution is 5.81. The lowest BCUT2D eigenvalue weighted by atomic mass is 9.87. The highest BCUT2D eigenvalue weighted by Crippen LogP contribution is 2.27. The largest absolute Gasteiger partial charge is 0.352 e. The van der Waals surface area contributed by atoms with Crippen LogP contribution >= 0.6 is 0 Å². The van der Waals surface area contributed by atoms with Gasteiger partial charge in [-0.15, -0.1) is 0 Å². The first-order valence-electron chi connectivity index (χ1n) is 7.98. The summed E-state index contributed by atoms with van der Waals surface area (Å²) in [7, 11) is 0. The molecule has 21 heavy (non-hydrogen) atoms. The fourth-order valence-corrected chi connectivity index (χ4v) is 2.92. The number of likely N-dealkylation sites (N-methyl/N-ethyl adjacent to an activating group) is 1. The maximum Gasteiger partial charge on any atom is 0.225 e. The zero-order valence-electron chi connectivity index (χ0n) is 13.7. The number of rotatable bonds is 3. The molecule has 0 saturated carbocycles. The Bertz CT molecular complexity index is 464. The van der Waals surface area contributed by atoms with Crippen molar-refractivity contribution < 1.29 is 4.79 Å². The van der Waals surface area contributed by atoms with E-state index >= 15 is 0 Å². The fraction of sp³-hybridized carbons (Fsp3) is 0.611. The fourth-order valence-electron chi connectivity index (χ4n) is 2.92. The Morgan fingerprint density at radius 1 is 1.24 bits per heavy atom. The summed E-state index contributed by atoms with van der Waals surface area (Å²) in [4.78, 5) is 14.7. The van der Waals surface area contributed by atoms with E-state index in [1.807, 2.05) is 20.8 Å². The zero-order chi connectivity index (χ0) is 15.5. The standard InChI is InChI=1S/C18H28N2O/c1-5-20-12-15(14-9-7-6-8-10-14)11-16(13-20)19-17(21)18(2,3)4/h6-10,15-16H,5,11-13H2,1-4H3,(H,19,21). The minimum atomic E-state index is -0.323. The second-order valence-electron chi connectivity index (χ2n) is 7.12. The number of likely N-dealkylation sites (tertiary alicyclic amines) is 1. The van der Waals surface area contributed by atoms with E-state index in [-0.39, 0.29) is 17.4 Å². The normalized spacial score (nSPS) is 23.8. The second kappa shape index (κ2) is 6.61. The molecular formula is C18H28N2O. The lowest BCUT2D eigenvalue weighted by molar-refractivity contribution is -0.129. The van der Waals surface area contributed by atoms with Crippen molar-refractivity contribution in [3.8, 4) is 0 Å². The van der Waals surface area contributed by atoms with Gasteiger partial charge in [0.25, 0.3) is 0 Å². The van der Waals surface area contributed by atoms with Gasteiger partial charge in [-0.1, -0.05) is 58.0 Å². The number of benzene rings is 1. The van der Waals surface area contributed by atoms with E-state index in [4.69, 9.17) is 0 Å². The number of piperidine rings is 1. The van der Waals surface area contributed by atoms with E-state index in [1.165, 1.54) is 5.56 Å². The molecule has 0 spiro atoms. The summed E-state index contributed by atoms with van der Waals surface area (Å²) in [5.41, 5.74) is 1.06. The summed E-state index contributed by atoms with van der Waals surface area (Å²) < 4.78 is 0. The van der Waals surface area contributed by atoms with Crippen molar-refractivity contribution in [2.45, 2.75) is 46.1 Å². The average molecular weight is 288 g/mol. The van der Waals surface area contributed by atoms with Crippen molar-refractivity contribution >= 4 is 5.91 Å². The van der Waals surface area contributed by atoms with E-state index < -0.39 is 0 Å². The Hall–Kier alpha value is -1.35. The molecule has 2 unspecified atom stereocenters. The van der Waals surface area contributed by atoms with Crippen molar-refractivity contribution in [1.29, 1.82) is 0 Å². The van der Waals surface area contributed by atoms with Crippen LogP contribution in [-0.2, 0) is 4.79 Å². The molecule has 1 saturated heterocycles. The molecule has 1 fully saturated rings. The van der Waals surface area contributed by atoms with Crippen LogP contribution in [0.2, 0.25) is 0 Å². The van der Waals surface area contributed by atoms with Gasteiger partial charge in [-0.05, 0) is 24.4 Å². The number of carbonyl (C=O) groups excluding carboxylic acids is 1. The molecule has 0 radical (unpaired) electrons. The molecule has 1 aromatic rings. The van der Waals surface area contributed by atoms with Gasteiger partial charge in [0.05, 0.1) is 0 Å². The molecule has 1 heterocycles. The topological polar surface area (TPSA) is 32.3 Å². The first-order valence-corrected chi connectivity index (χ1v) is 7.98. The molecule has 116 valence electrons. The summed E-state index contributed by atoms with van der Waals surface area (Å²) in [6.07, 6.45) is 1.03. The van der Waals surface area contributed by atoms with Crippen LogP contribution in [0.4, 0.5) is 0 Å². The molecule has 2 atom stereocenters. The summed E-state index contributed by atoms with van der Waals surface area (Å²) in [5.74, 6) is 0.655. The highest BCUT2D eigenvalue weighted by atomic mass is 16.2. The van der Waals surface area contributed by atoms with Crippen molar-refractivity contribution in [2.75, 3.05) is 19.6 Å². The summed E-state index contributed by atoms with van der Waals surface area (Å²) >= 11 is 0. The Kier molecular flexibility index (Phi) is 5.04. The average Bonchev–Trinajstić information content (AvgIpc) is 2.46. The van der Waals surface area contributed by atoms with Gasteiger partial charge in [0, 0.05) is 24.5 Å². The maximum atomic E-state index is 12.2. The van der Waals surface area contributed by atoms with Crippen LogP contribution in [0, 0.1) is 5.41 Å². The predicted molar refractivity (Wildman–Crippen MR) is 87.3 cm³/mol. The van der Waals surface area contributed by atoms with E-state index in [0.717, 1.165) is 26.1 Å². The van der Waals surface area contributed by atoms with E-state index in [0.29, 0.717) is 5.92 Å². The molecule has 1 aromatic carbocycles. The van der Waals surface area contributed by atoms with Crippen LogP contribution < -0.4 is 5.32 Å². The number of amides is 1. The molecule has 2 rings (SSSR count). The smallest absolute Gasteiger partial charge is 0.225 e. The van der Waals surface area contributed by atoms with Gasteiger partial charge in [0.1, 0.15) is 0 Å². The quantitative estimate of drug-likeness (QED) is 0.927. The Balaban J connectivity index is 2.07. The van der Waals surface area contributed by atoms with Crippen LogP contribution in [0.3, 0.4) is 0 Å². The Morgan fingerprint density at radius 2 is 1.90 bits per heavy atom. The predicted octanol–water partition coefficient (Wildman–Crippen LogP) is 3.03. The first-order chi connectivity index (χ1) is 9.90. The first kappa shape index (κ1) is 16.0. The van der Waals surface area contributed by atoms with Gasteiger partial charge in [-0.2, -0.15) is 0 Å². The van der Waals surface area contributed by atoms with Gasteiger partial charge in [0.2, 0.25) is 5.91 Å². The summed E-state index contributed by atoms with van der Waals surface area (Å²) in [5, 5.41) is 3.24. The molecule has 1 N–H and O–H groups in total. The number of carbonyl (C=O) groups is 1. The summed E-state index contributed by atoms with van der Waals surface area (Å²) in [6, 6.07) is 10.9. The monoisotopic (exact) mass is 288 g/mol. The SMILES string of the molecule is CCN1CC(NC(=O)C(C)(C)C)CC(c2ccccc2)C1. The third-order valence-electron chi connectivity index (χ3n) is 4.26. The Labute approximate surface area is 128 Å². The molecule has 0 bridgehead atoms. The molecule has 0 aromatic heterocycles. The van der Waals surface area contributed by atoms with Gasteiger partial charge < -0.3 is 10.2 Å². The van der Waals surface area contributed by atoms with Crippen LogP contribution in [-0.4, -0.2) is 36.5 Å². The van der Waals surface area contributed by atoms with Crippen molar-refractivity contribution in [3.63, 3.8) is 0 Å². The minimum Gasteiger partial charge on any atom is -0.352 e. The van der Waals surface area contributed by atoms with Crippen LogP contribution in [0.25, 0.3) is 0 Å². The number of nitrogens with one attached hydrogen (secondary N) is 1. The lowest BCUT2D eigenvalue weighted by Gasteiger charge is -2.38. The molecule has 1 aliphatic rings. The van der Waals surface area contributed by atoms with Crippen LogP contribution in [0.15, 0.2) is 30.3 Å². The molecule has 3 nitrogen and oxygen atoms in total. The minimum absolute atomic E-state index is 0.150. The van der Waals surface area contributed by atoms with Crippen LogP contribution in [0.5, 0.6) is 0 Å².